The molecule has 0 aliphatic heterocycles. The second-order valence-corrected chi connectivity index (χ2v) is 4.20. The molecule has 1 amide bonds. The first kappa shape index (κ1) is 14.4. The SMILES string of the molecule is CC(C)(CN)C(=O)N(CCC#N)CCC#N. The lowest BCUT2D eigenvalue weighted by Gasteiger charge is -2.30. The second kappa shape index (κ2) is 6.81. The Morgan fingerprint density at radius 2 is 1.69 bits per heavy atom. The molecule has 0 bridgehead atoms. The molecule has 88 valence electrons. The molecule has 0 aromatic rings. The summed E-state index contributed by atoms with van der Waals surface area (Å²) in [6.07, 6.45) is 0.551. The van der Waals surface area contributed by atoms with E-state index in [0.29, 0.717) is 13.1 Å². The molecule has 5 heteroatoms. The number of rotatable bonds is 6. The van der Waals surface area contributed by atoms with Crippen LogP contribution in [0.3, 0.4) is 0 Å². The second-order valence-electron chi connectivity index (χ2n) is 4.20. The van der Waals surface area contributed by atoms with Gasteiger partial charge in [0.2, 0.25) is 5.91 Å². The van der Waals surface area contributed by atoms with E-state index in [1.165, 1.54) is 0 Å². The lowest BCUT2D eigenvalue weighted by Crippen LogP contribution is -2.45. The van der Waals surface area contributed by atoms with Crippen molar-refractivity contribution in [2.45, 2.75) is 26.7 Å². The first-order valence-electron chi connectivity index (χ1n) is 5.23. The summed E-state index contributed by atoms with van der Waals surface area (Å²) in [6.45, 7) is 4.50. The van der Waals surface area contributed by atoms with Gasteiger partial charge in [-0.15, -0.1) is 0 Å². The molecule has 0 aromatic carbocycles. The van der Waals surface area contributed by atoms with E-state index in [4.69, 9.17) is 16.3 Å². The predicted molar refractivity (Wildman–Crippen MR) is 59.9 cm³/mol. The zero-order valence-electron chi connectivity index (χ0n) is 9.86. The minimum atomic E-state index is -0.634. The number of amides is 1. The molecule has 2 N–H and O–H groups in total. The van der Waals surface area contributed by atoms with Crippen LogP contribution in [-0.2, 0) is 4.79 Å². The quantitative estimate of drug-likeness (QED) is 0.713. The molecule has 0 atom stereocenters. The fourth-order valence-electron chi connectivity index (χ4n) is 1.20. The molecule has 0 heterocycles. The van der Waals surface area contributed by atoms with Crippen LogP contribution in [0, 0.1) is 28.1 Å². The monoisotopic (exact) mass is 222 g/mol. The van der Waals surface area contributed by atoms with E-state index in [9.17, 15) is 4.79 Å². The van der Waals surface area contributed by atoms with Crippen molar-refractivity contribution in [3.8, 4) is 12.1 Å². The van der Waals surface area contributed by atoms with Crippen LogP contribution in [0.4, 0.5) is 0 Å². The summed E-state index contributed by atoms with van der Waals surface area (Å²) in [5.41, 5.74) is 4.89. The van der Waals surface area contributed by atoms with E-state index in [1.807, 2.05) is 12.1 Å². The summed E-state index contributed by atoms with van der Waals surface area (Å²) in [5.74, 6) is -0.0968. The molecular weight excluding hydrogens is 204 g/mol. The van der Waals surface area contributed by atoms with Crippen molar-refractivity contribution in [3.63, 3.8) is 0 Å². The number of nitrogens with zero attached hydrogens (tertiary/aromatic N) is 3. The molecular formula is C11H18N4O. The van der Waals surface area contributed by atoms with E-state index in [2.05, 4.69) is 0 Å². The number of hydrogen-bond acceptors (Lipinski definition) is 4. The van der Waals surface area contributed by atoms with E-state index >= 15 is 0 Å². The van der Waals surface area contributed by atoms with Crippen LogP contribution in [0.15, 0.2) is 0 Å². The smallest absolute Gasteiger partial charge is 0.229 e. The van der Waals surface area contributed by atoms with Gasteiger partial charge in [-0.05, 0) is 13.8 Å². The van der Waals surface area contributed by atoms with Crippen LogP contribution in [0.5, 0.6) is 0 Å². The highest BCUT2D eigenvalue weighted by Crippen LogP contribution is 2.17. The average molecular weight is 222 g/mol. The Bertz CT molecular complexity index is 293. The number of nitriles is 2. The molecule has 0 radical (unpaired) electrons. The summed E-state index contributed by atoms with van der Waals surface area (Å²) in [6, 6.07) is 3.98. The summed E-state index contributed by atoms with van der Waals surface area (Å²) >= 11 is 0. The van der Waals surface area contributed by atoms with E-state index in [-0.39, 0.29) is 25.3 Å². The van der Waals surface area contributed by atoms with Gasteiger partial charge in [0.25, 0.3) is 0 Å². The maximum Gasteiger partial charge on any atom is 0.229 e. The molecule has 0 saturated heterocycles. The maximum atomic E-state index is 12.0. The van der Waals surface area contributed by atoms with Gasteiger partial charge in [0.05, 0.1) is 30.4 Å². The van der Waals surface area contributed by atoms with E-state index in [0.717, 1.165) is 0 Å². The standard InChI is InChI=1S/C11H18N4O/c1-11(2,9-14)10(16)15(7-3-5-12)8-4-6-13/h3-4,7-9,14H2,1-2H3. The third kappa shape index (κ3) is 4.29. The number of hydrogen-bond donors (Lipinski definition) is 1. The van der Waals surface area contributed by atoms with Crippen molar-refractivity contribution in [2.24, 2.45) is 11.1 Å². The van der Waals surface area contributed by atoms with Gasteiger partial charge in [-0.3, -0.25) is 4.79 Å². The number of carbonyl (C=O) groups is 1. The highest BCUT2D eigenvalue weighted by Gasteiger charge is 2.30. The van der Waals surface area contributed by atoms with Crippen molar-refractivity contribution < 1.29 is 4.79 Å². The van der Waals surface area contributed by atoms with Crippen LogP contribution >= 0.6 is 0 Å². The Morgan fingerprint density at radius 3 is 2.00 bits per heavy atom. The Kier molecular flexibility index (Phi) is 6.14. The molecule has 0 rings (SSSR count). The molecule has 5 nitrogen and oxygen atoms in total. The molecule has 0 aliphatic carbocycles. The Balaban J connectivity index is 4.57. The molecule has 0 aliphatic rings. The summed E-state index contributed by atoms with van der Waals surface area (Å²) in [5, 5.41) is 17.0. The largest absolute Gasteiger partial charge is 0.340 e. The summed E-state index contributed by atoms with van der Waals surface area (Å²) in [4.78, 5) is 13.6. The third-order valence-corrected chi connectivity index (χ3v) is 2.36. The molecule has 0 unspecified atom stereocenters. The van der Waals surface area contributed by atoms with Crippen molar-refractivity contribution in [2.75, 3.05) is 19.6 Å². The summed E-state index contributed by atoms with van der Waals surface area (Å²) in [7, 11) is 0. The van der Waals surface area contributed by atoms with Gasteiger partial charge in [0.15, 0.2) is 0 Å². The fourth-order valence-corrected chi connectivity index (χ4v) is 1.20. The lowest BCUT2D eigenvalue weighted by atomic mass is 9.91. The maximum absolute atomic E-state index is 12.0. The van der Waals surface area contributed by atoms with Gasteiger partial charge in [0, 0.05) is 19.6 Å². The topological polar surface area (TPSA) is 93.9 Å². The molecule has 0 spiro atoms. The minimum Gasteiger partial charge on any atom is -0.340 e. The Morgan fingerprint density at radius 1 is 1.25 bits per heavy atom. The highest BCUT2D eigenvalue weighted by molar-refractivity contribution is 5.82. The molecule has 0 saturated carbocycles. The number of carbonyl (C=O) groups excluding carboxylic acids is 1. The molecule has 0 fully saturated rings. The summed E-state index contributed by atoms with van der Waals surface area (Å²) < 4.78 is 0. The van der Waals surface area contributed by atoms with Gasteiger partial charge >= 0.3 is 0 Å². The van der Waals surface area contributed by atoms with Gasteiger partial charge in [-0.2, -0.15) is 10.5 Å². The zero-order valence-corrected chi connectivity index (χ0v) is 9.86. The van der Waals surface area contributed by atoms with Crippen molar-refractivity contribution >= 4 is 5.91 Å². The van der Waals surface area contributed by atoms with Crippen LogP contribution in [0.1, 0.15) is 26.7 Å². The van der Waals surface area contributed by atoms with E-state index < -0.39 is 5.41 Å². The Labute approximate surface area is 96.4 Å². The Hall–Kier alpha value is -1.59. The lowest BCUT2D eigenvalue weighted by molar-refractivity contribution is -0.139. The normalized spacial score (nSPS) is 10.3. The molecule has 0 aromatic heterocycles. The van der Waals surface area contributed by atoms with Crippen LogP contribution in [0.25, 0.3) is 0 Å². The van der Waals surface area contributed by atoms with Crippen LogP contribution in [0.2, 0.25) is 0 Å². The van der Waals surface area contributed by atoms with Crippen molar-refractivity contribution in [1.29, 1.82) is 10.5 Å². The first-order valence-corrected chi connectivity index (χ1v) is 5.23. The van der Waals surface area contributed by atoms with Crippen molar-refractivity contribution in [3.05, 3.63) is 0 Å². The fraction of sp³-hybridized carbons (Fsp3) is 0.727. The van der Waals surface area contributed by atoms with E-state index in [1.54, 1.807) is 18.7 Å². The average Bonchev–Trinajstić information content (AvgIpc) is 2.28. The van der Waals surface area contributed by atoms with Crippen LogP contribution < -0.4 is 5.73 Å². The zero-order chi connectivity index (χ0) is 12.6. The van der Waals surface area contributed by atoms with Crippen LogP contribution in [-0.4, -0.2) is 30.4 Å². The minimum absolute atomic E-state index is 0.0968. The predicted octanol–water partition coefficient (Wildman–Crippen LogP) is 0.627. The van der Waals surface area contributed by atoms with Gasteiger partial charge in [-0.25, -0.2) is 0 Å². The van der Waals surface area contributed by atoms with Gasteiger partial charge < -0.3 is 10.6 Å². The number of nitrogens with two attached hydrogens (primary N) is 1. The first-order chi connectivity index (χ1) is 7.49. The highest BCUT2D eigenvalue weighted by atomic mass is 16.2. The molecule has 16 heavy (non-hydrogen) atoms. The third-order valence-electron chi connectivity index (χ3n) is 2.36. The van der Waals surface area contributed by atoms with Gasteiger partial charge in [-0.1, -0.05) is 0 Å². The van der Waals surface area contributed by atoms with Crippen molar-refractivity contribution in [1.82, 2.24) is 4.90 Å². The van der Waals surface area contributed by atoms with Gasteiger partial charge in [0.1, 0.15) is 0 Å².